The zero-order valence-corrected chi connectivity index (χ0v) is 11.8. The maximum absolute atomic E-state index is 12.8. The third-order valence-electron chi connectivity index (χ3n) is 3.05. The molecular weight excluding hydrogens is 235 g/mol. The van der Waals surface area contributed by atoms with Crippen LogP contribution in [0.15, 0.2) is 23.1 Å². The van der Waals surface area contributed by atoms with E-state index in [9.17, 15) is 4.39 Å². The summed E-state index contributed by atoms with van der Waals surface area (Å²) < 4.78 is 18.5. The second-order valence-electron chi connectivity index (χ2n) is 4.64. The van der Waals surface area contributed by atoms with Crippen molar-refractivity contribution in [2.75, 3.05) is 12.9 Å². The molecule has 0 N–H and O–H groups in total. The van der Waals surface area contributed by atoms with Gasteiger partial charge in [-0.05, 0) is 36.3 Å². The summed E-state index contributed by atoms with van der Waals surface area (Å²) in [6, 6.07) is 5.64. The van der Waals surface area contributed by atoms with E-state index in [-0.39, 0.29) is 0 Å². The summed E-state index contributed by atoms with van der Waals surface area (Å²) >= 11 is 1.56. The Morgan fingerprint density at radius 3 is 2.53 bits per heavy atom. The van der Waals surface area contributed by atoms with Crippen molar-refractivity contribution in [3.63, 3.8) is 0 Å². The first-order valence-corrected chi connectivity index (χ1v) is 7.16. The quantitative estimate of drug-likeness (QED) is 0.691. The van der Waals surface area contributed by atoms with Gasteiger partial charge in [0.15, 0.2) is 0 Å². The normalized spacial score (nSPS) is 12.8. The minimum Gasteiger partial charge on any atom is -0.493 e. The zero-order valence-electron chi connectivity index (χ0n) is 11.0. The Morgan fingerprint density at radius 2 is 2.00 bits per heavy atom. The molecule has 0 saturated carbocycles. The molecule has 0 heterocycles. The largest absolute Gasteiger partial charge is 0.493 e. The van der Waals surface area contributed by atoms with Gasteiger partial charge in [-0.2, -0.15) is 0 Å². The van der Waals surface area contributed by atoms with Crippen LogP contribution in [0, 0.1) is 11.8 Å². The van der Waals surface area contributed by atoms with Gasteiger partial charge in [-0.15, -0.1) is 11.8 Å². The fraction of sp³-hybridized carbons (Fsp3) is 0.571. The summed E-state index contributed by atoms with van der Waals surface area (Å²) in [5.41, 5.74) is 0.715. The SMILES string of the molecule is CSc1ccc(OCC(C)C(C)C)cc1CF. The van der Waals surface area contributed by atoms with E-state index >= 15 is 0 Å². The van der Waals surface area contributed by atoms with Crippen molar-refractivity contribution in [3.05, 3.63) is 23.8 Å². The van der Waals surface area contributed by atoms with Crippen LogP contribution in [-0.2, 0) is 6.67 Å². The molecule has 1 nitrogen and oxygen atoms in total. The molecule has 0 radical (unpaired) electrons. The van der Waals surface area contributed by atoms with Crippen molar-refractivity contribution in [1.82, 2.24) is 0 Å². The Morgan fingerprint density at radius 1 is 1.29 bits per heavy atom. The van der Waals surface area contributed by atoms with Crippen LogP contribution < -0.4 is 4.74 Å². The summed E-state index contributed by atoms with van der Waals surface area (Å²) in [6.07, 6.45) is 1.95. The molecule has 96 valence electrons. The second kappa shape index (κ2) is 6.90. The number of halogens is 1. The summed E-state index contributed by atoms with van der Waals surface area (Å²) in [4.78, 5) is 0.983. The predicted molar refractivity (Wildman–Crippen MR) is 72.5 cm³/mol. The van der Waals surface area contributed by atoms with E-state index in [1.807, 2.05) is 18.4 Å². The Kier molecular flexibility index (Phi) is 5.83. The molecule has 0 bridgehead atoms. The van der Waals surface area contributed by atoms with Gasteiger partial charge in [-0.1, -0.05) is 20.8 Å². The van der Waals surface area contributed by atoms with E-state index < -0.39 is 6.67 Å². The number of hydrogen-bond donors (Lipinski definition) is 0. The van der Waals surface area contributed by atoms with Crippen molar-refractivity contribution in [3.8, 4) is 5.75 Å². The highest BCUT2D eigenvalue weighted by molar-refractivity contribution is 7.98. The van der Waals surface area contributed by atoms with Gasteiger partial charge in [0.1, 0.15) is 12.4 Å². The van der Waals surface area contributed by atoms with Crippen LogP contribution in [0.1, 0.15) is 26.3 Å². The van der Waals surface area contributed by atoms with Gasteiger partial charge >= 0.3 is 0 Å². The van der Waals surface area contributed by atoms with E-state index in [0.29, 0.717) is 24.0 Å². The van der Waals surface area contributed by atoms with Crippen molar-refractivity contribution in [2.45, 2.75) is 32.3 Å². The molecule has 1 unspecified atom stereocenters. The second-order valence-corrected chi connectivity index (χ2v) is 5.49. The molecule has 3 heteroatoms. The molecule has 0 fully saturated rings. The van der Waals surface area contributed by atoms with Crippen LogP contribution in [-0.4, -0.2) is 12.9 Å². The molecule has 0 aromatic heterocycles. The van der Waals surface area contributed by atoms with Crippen LogP contribution in [0.25, 0.3) is 0 Å². The minimum absolute atomic E-state index is 0.437. The number of alkyl halides is 1. The molecule has 0 spiro atoms. The lowest BCUT2D eigenvalue weighted by atomic mass is 9.99. The third kappa shape index (κ3) is 4.23. The van der Waals surface area contributed by atoms with E-state index in [1.54, 1.807) is 17.8 Å². The van der Waals surface area contributed by atoms with Crippen LogP contribution in [0.2, 0.25) is 0 Å². The lowest BCUT2D eigenvalue weighted by molar-refractivity contribution is 0.223. The zero-order chi connectivity index (χ0) is 12.8. The number of rotatable bonds is 6. The van der Waals surface area contributed by atoms with Gasteiger partial charge in [-0.25, -0.2) is 4.39 Å². The molecular formula is C14H21FOS. The maximum Gasteiger partial charge on any atom is 0.119 e. The molecule has 1 atom stereocenters. The summed E-state index contributed by atoms with van der Waals surface area (Å²) in [5, 5.41) is 0. The minimum atomic E-state index is -0.437. The highest BCUT2D eigenvalue weighted by Crippen LogP contribution is 2.26. The number of ether oxygens (including phenoxy) is 1. The third-order valence-corrected chi connectivity index (χ3v) is 3.88. The van der Waals surface area contributed by atoms with E-state index in [2.05, 4.69) is 20.8 Å². The number of thioether (sulfide) groups is 1. The molecule has 0 aliphatic carbocycles. The predicted octanol–water partition coefficient (Wildman–Crippen LogP) is 4.55. The smallest absolute Gasteiger partial charge is 0.119 e. The average Bonchev–Trinajstić information content (AvgIpc) is 2.35. The monoisotopic (exact) mass is 256 g/mol. The highest BCUT2D eigenvalue weighted by atomic mass is 32.2. The fourth-order valence-electron chi connectivity index (χ4n) is 1.37. The molecule has 1 aromatic carbocycles. The highest BCUT2D eigenvalue weighted by Gasteiger charge is 2.09. The Balaban J connectivity index is 2.66. The van der Waals surface area contributed by atoms with E-state index in [0.717, 1.165) is 10.6 Å². The van der Waals surface area contributed by atoms with Crippen LogP contribution in [0.3, 0.4) is 0 Å². The van der Waals surface area contributed by atoms with Crippen molar-refractivity contribution < 1.29 is 9.13 Å². The van der Waals surface area contributed by atoms with Gasteiger partial charge < -0.3 is 4.74 Å². The van der Waals surface area contributed by atoms with Crippen LogP contribution in [0.5, 0.6) is 5.75 Å². The lowest BCUT2D eigenvalue weighted by Gasteiger charge is -2.17. The standard InChI is InChI=1S/C14H21FOS/c1-10(2)11(3)9-16-13-5-6-14(17-4)12(7-13)8-15/h5-7,10-11H,8-9H2,1-4H3. The van der Waals surface area contributed by atoms with Crippen molar-refractivity contribution in [1.29, 1.82) is 0 Å². The van der Waals surface area contributed by atoms with Crippen LogP contribution in [0.4, 0.5) is 4.39 Å². The first-order chi connectivity index (χ1) is 8.08. The summed E-state index contributed by atoms with van der Waals surface area (Å²) in [6.45, 7) is 6.77. The molecule has 1 aromatic rings. The molecule has 0 amide bonds. The van der Waals surface area contributed by atoms with E-state index in [1.165, 1.54) is 0 Å². The Bertz CT molecular complexity index is 352. The topological polar surface area (TPSA) is 9.23 Å². The Labute approximate surface area is 108 Å². The van der Waals surface area contributed by atoms with Gasteiger partial charge in [0.05, 0.1) is 6.61 Å². The molecule has 1 rings (SSSR count). The van der Waals surface area contributed by atoms with Crippen molar-refractivity contribution >= 4 is 11.8 Å². The summed E-state index contributed by atoms with van der Waals surface area (Å²) in [5.74, 6) is 1.87. The van der Waals surface area contributed by atoms with Crippen molar-refractivity contribution in [2.24, 2.45) is 11.8 Å². The van der Waals surface area contributed by atoms with Crippen LogP contribution >= 0.6 is 11.8 Å². The first kappa shape index (κ1) is 14.4. The lowest BCUT2D eigenvalue weighted by Crippen LogP contribution is -2.14. The molecule has 0 aliphatic rings. The molecule has 0 saturated heterocycles. The maximum atomic E-state index is 12.8. The average molecular weight is 256 g/mol. The number of hydrogen-bond acceptors (Lipinski definition) is 2. The van der Waals surface area contributed by atoms with E-state index in [4.69, 9.17) is 4.74 Å². The van der Waals surface area contributed by atoms with Gasteiger partial charge in [-0.3, -0.25) is 0 Å². The van der Waals surface area contributed by atoms with Gasteiger partial charge in [0.2, 0.25) is 0 Å². The number of benzene rings is 1. The Hall–Kier alpha value is -0.700. The van der Waals surface area contributed by atoms with Gasteiger partial charge in [0, 0.05) is 10.5 Å². The molecule has 0 aliphatic heterocycles. The van der Waals surface area contributed by atoms with Gasteiger partial charge in [0.25, 0.3) is 0 Å². The molecule has 17 heavy (non-hydrogen) atoms. The first-order valence-electron chi connectivity index (χ1n) is 5.94. The summed E-state index contributed by atoms with van der Waals surface area (Å²) in [7, 11) is 0. The fourth-order valence-corrected chi connectivity index (χ4v) is 1.95.